The van der Waals surface area contributed by atoms with Gasteiger partial charge in [0.1, 0.15) is 37.3 Å². The number of hydrogen-bond donors (Lipinski definition) is 0. The fourth-order valence-corrected chi connectivity index (χ4v) is 7.52. The van der Waals surface area contributed by atoms with E-state index in [0.717, 1.165) is 28.3 Å². The lowest BCUT2D eigenvalue weighted by molar-refractivity contribution is -0.462. The van der Waals surface area contributed by atoms with Crippen LogP contribution in [0.25, 0.3) is 20.8 Å². The molecule has 0 spiro atoms. The molecule has 1 aliphatic heterocycles. The van der Waals surface area contributed by atoms with Gasteiger partial charge in [-0.15, -0.1) is 11.3 Å². The summed E-state index contributed by atoms with van der Waals surface area (Å²) in [6.45, 7) is 0. The monoisotopic (exact) mass is 666 g/mol. The summed E-state index contributed by atoms with van der Waals surface area (Å²) in [7, 11) is 11.9. The highest BCUT2D eigenvalue weighted by atomic mass is 33.1. The zero-order valence-corrected chi connectivity index (χ0v) is 29.7. The van der Waals surface area contributed by atoms with E-state index < -0.39 is 20.4 Å². The third-order valence-corrected chi connectivity index (χ3v) is 10.3. The molecule has 0 aromatic heterocycles. The van der Waals surface area contributed by atoms with Gasteiger partial charge in [0.05, 0.1) is 37.8 Å². The van der Waals surface area contributed by atoms with E-state index in [1.165, 1.54) is 20.6 Å². The van der Waals surface area contributed by atoms with Gasteiger partial charge < -0.3 is 21.8 Å². The number of benzene rings is 2. The summed E-state index contributed by atoms with van der Waals surface area (Å²) in [5, 5.41) is 0.655. The predicted molar refractivity (Wildman–Crippen MR) is 193 cm³/mol. The Bertz CT molecular complexity index is 1860. The first kappa shape index (κ1) is 35.9. The molecule has 12 heteroatoms. The lowest BCUT2D eigenvalue weighted by Gasteiger charge is -2.26. The molecule has 0 fully saturated rings. The first-order valence-electron chi connectivity index (χ1n) is 13.9. The van der Waals surface area contributed by atoms with Gasteiger partial charge in [0.2, 0.25) is 5.36 Å². The predicted octanol–water partition coefficient (Wildman–Crippen LogP) is 4.16. The molecule has 9 nitrogen and oxygen atoms in total. The van der Waals surface area contributed by atoms with Crippen molar-refractivity contribution in [2.75, 3.05) is 61.3 Å². The normalized spacial score (nSPS) is 17.3. The zero-order valence-electron chi connectivity index (χ0n) is 27.3. The lowest BCUT2D eigenvalue weighted by Crippen LogP contribution is -2.26. The molecule has 3 aliphatic carbocycles. The first-order valence-corrected chi connectivity index (χ1v) is 17.5. The molecule has 4 aliphatic rings. The van der Waals surface area contributed by atoms with Crippen LogP contribution >= 0.6 is 22.1 Å². The van der Waals surface area contributed by atoms with Gasteiger partial charge in [0.25, 0.3) is 0 Å². The van der Waals surface area contributed by atoms with Crippen LogP contribution in [-0.4, -0.2) is 107 Å². The zero-order chi connectivity index (χ0) is 32.2. The van der Waals surface area contributed by atoms with E-state index in [2.05, 4.69) is 79.1 Å². The van der Waals surface area contributed by atoms with Crippen LogP contribution < -0.4 is 14.8 Å². The van der Waals surface area contributed by atoms with E-state index >= 15 is 0 Å². The number of nitrogens with zero attached hydrogens (tertiary/aromatic N) is 6. The Hall–Kier alpha value is -3.58. The fraction of sp³-hybridized carbons (Fsp3) is 0.303. The Morgan fingerprint density at radius 2 is 1.60 bits per heavy atom. The van der Waals surface area contributed by atoms with Crippen LogP contribution in [0.3, 0.4) is 0 Å². The van der Waals surface area contributed by atoms with Crippen LogP contribution in [0.2, 0.25) is 0 Å². The molecule has 5 rings (SSSR count). The largest absolute Gasteiger partial charge is 0.739 e. The van der Waals surface area contributed by atoms with Crippen LogP contribution in [0.5, 0.6) is 0 Å². The van der Waals surface area contributed by atoms with Crippen LogP contribution in [0, 0.1) is 7.43 Å². The van der Waals surface area contributed by atoms with Crippen molar-refractivity contribution < 1.29 is 17.5 Å². The number of anilines is 1. The van der Waals surface area contributed by atoms with Crippen LogP contribution in [0.15, 0.2) is 89.6 Å². The molecular formula is C33H42N6O3S3. The van der Waals surface area contributed by atoms with E-state index in [4.69, 9.17) is 4.98 Å². The maximum Gasteiger partial charge on any atom is 0.201 e. The Labute approximate surface area is 275 Å². The molecule has 2 atom stereocenters. The number of rotatable bonds is 5. The average molecular weight is 667 g/mol. The number of fused-ring (bicyclic) bond motifs is 2. The van der Waals surface area contributed by atoms with Gasteiger partial charge >= 0.3 is 0 Å². The van der Waals surface area contributed by atoms with Crippen LogP contribution in [0.1, 0.15) is 0 Å². The highest BCUT2D eigenvalue weighted by molar-refractivity contribution is 8.70. The lowest BCUT2D eigenvalue weighted by atomic mass is 10.1. The summed E-state index contributed by atoms with van der Waals surface area (Å²) in [4.78, 5) is 14.5. The molecule has 0 saturated carbocycles. The second-order valence-corrected chi connectivity index (χ2v) is 15.6. The molecule has 1 aromatic rings. The minimum Gasteiger partial charge on any atom is -0.739 e. The summed E-state index contributed by atoms with van der Waals surface area (Å²) in [5.41, 5.74) is 5.97. The van der Waals surface area contributed by atoms with Crippen molar-refractivity contribution in [1.82, 2.24) is 14.5 Å². The molecule has 1 aromatic carbocycles. The molecule has 0 bridgehead atoms. The number of likely N-dealkylation sites (N-methyl/N-ethyl adjacent to an activating group) is 1. The van der Waals surface area contributed by atoms with Gasteiger partial charge in [-0.3, -0.25) is 4.99 Å². The Kier molecular flexibility index (Phi) is 12.1. The van der Waals surface area contributed by atoms with E-state index in [1.807, 2.05) is 74.1 Å². The topological polar surface area (TPSA) is 95.0 Å². The van der Waals surface area contributed by atoms with E-state index in [9.17, 15) is 13.0 Å². The van der Waals surface area contributed by atoms with E-state index in [-0.39, 0.29) is 7.43 Å². The summed E-state index contributed by atoms with van der Waals surface area (Å²) >= 11 is 1.80. The van der Waals surface area contributed by atoms with E-state index in [0.29, 0.717) is 10.8 Å². The fourth-order valence-electron chi connectivity index (χ4n) is 4.43. The van der Waals surface area contributed by atoms with Crippen molar-refractivity contribution >= 4 is 58.6 Å². The van der Waals surface area contributed by atoms with Gasteiger partial charge in [-0.2, -0.15) is 0 Å². The summed E-state index contributed by atoms with van der Waals surface area (Å²) < 4.78 is 38.9. The smallest absolute Gasteiger partial charge is 0.201 e. The maximum absolute atomic E-state index is 11.2. The number of aromatic nitrogens is 1. The van der Waals surface area contributed by atoms with Crippen molar-refractivity contribution in [2.45, 2.75) is 11.3 Å². The van der Waals surface area contributed by atoms with E-state index in [1.54, 1.807) is 17.4 Å². The first-order chi connectivity index (χ1) is 20.7. The highest BCUT2D eigenvalue weighted by Gasteiger charge is 2.24. The SMILES string of the molecule is CN(C)C1=CC(SS(=O)(=O)[O-])C(N=C2C=CC(=[N+](C)C)C=C2)C=C1.CN(C)c1ccc2nc3ccc(=[N+](C)C)cc-3sc2c1.[CH3-]. The molecule has 0 amide bonds. The van der Waals surface area contributed by atoms with Crippen molar-refractivity contribution in [1.29, 1.82) is 0 Å². The quantitative estimate of drug-likeness (QED) is 0.101. The van der Waals surface area contributed by atoms with Gasteiger partial charge in [0, 0.05) is 63.9 Å². The maximum atomic E-state index is 11.2. The third-order valence-electron chi connectivity index (χ3n) is 6.93. The number of hydrogen-bond acceptors (Lipinski definition) is 9. The molecule has 2 unspecified atom stereocenters. The second kappa shape index (κ2) is 15.1. The summed E-state index contributed by atoms with van der Waals surface area (Å²) in [6.07, 6.45) is 13.1. The highest BCUT2D eigenvalue weighted by Crippen LogP contribution is 2.32. The summed E-state index contributed by atoms with van der Waals surface area (Å²) in [5.74, 6) is 0. The second-order valence-electron chi connectivity index (χ2n) is 11.2. The van der Waals surface area contributed by atoms with Crippen molar-refractivity contribution in [3.63, 3.8) is 0 Å². The molecule has 240 valence electrons. The van der Waals surface area contributed by atoms with Crippen molar-refractivity contribution in [3.05, 3.63) is 97.4 Å². The van der Waals surface area contributed by atoms with Gasteiger partial charge in [0.15, 0.2) is 5.71 Å². The molecular weight excluding hydrogens is 625 g/mol. The Morgan fingerprint density at radius 3 is 2.18 bits per heavy atom. The Morgan fingerprint density at radius 1 is 0.911 bits per heavy atom. The van der Waals surface area contributed by atoms with Crippen LogP contribution in [-0.2, 0) is 9.15 Å². The number of allylic oxidation sites excluding steroid dienone is 5. The molecule has 0 saturated heterocycles. The molecule has 0 N–H and O–H groups in total. The summed E-state index contributed by atoms with van der Waals surface area (Å²) in [6, 6.07) is 12.4. The Balaban J connectivity index is 0.000000243. The van der Waals surface area contributed by atoms with Crippen LogP contribution in [0.4, 0.5) is 5.69 Å². The third kappa shape index (κ3) is 9.70. The molecule has 0 radical (unpaired) electrons. The number of aliphatic imine (C=N–C) groups is 1. The minimum absolute atomic E-state index is 0. The van der Waals surface area contributed by atoms with Gasteiger partial charge in [-0.05, 0) is 59.4 Å². The molecule has 45 heavy (non-hydrogen) atoms. The minimum atomic E-state index is -4.41. The van der Waals surface area contributed by atoms with Gasteiger partial charge in [-0.1, -0.05) is 6.08 Å². The average Bonchev–Trinajstić information content (AvgIpc) is 2.96. The molecule has 1 heterocycles. The van der Waals surface area contributed by atoms with Gasteiger partial charge in [-0.25, -0.2) is 22.6 Å². The standard InChI is InChI=1S/C16H21N3O3S2.C16H18N3S.CH3/c1-18(2)13-7-5-12(6-8-13)17-15-10-9-14(19(3)4)11-16(15)23-24(20,21)22;1-18(2)11-5-7-13-15(9-11)20-16-10-12(19(3)4)6-8-14(16)17-13;/h5-11,15-16H,1-4H3;5-10H,1-4H3;1H3/q;+1;-1. The van der Waals surface area contributed by atoms with Crippen molar-refractivity contribution in [2.24, 2.45) is 4.99 Å². The van der Waals surface area contributed by atoms with Crippen molar-refractivity contribution in [3.8, 4) is 10.6 Å².